The summed E-state index contributed by atoms with van der Waals surface area (Å²) in [6.07, 6.45) is 13.8. The van der Waals surface area contributed by atoms with E-state index < -0.39 is 0 Å². The minimum Gasteiger partial charge on any atom is -0.342 e. The summed E-state index contributed by atoms with van der Waals surface area (Å²) in [4.78, 5) is 24.3. The number of carbonyl (C=O) groups is 1. The summed E-state index contributed by atoms with van der Waals surface area (Å²) >= 11 is 1.57. The van der Waals surface area contributed by atoms with E-state index in [-0.39, 0.29) is 5.92 Å². The first kappa shape index (κ1) is 18.6. The standard InChI is InChI=1S/C22H27N5OS/c28-21(17-5-2-1-3-6-17)26-12-8-16(9-13-26)18-15-27-11-4-7-19(27)20(24-18)25-22-23-10-14-29-22/h4,7,10-11,14-17H,1-3,5-6,8-9,12-13H2,(H,23,24,25). The molecule has 0 aromatic carbocycles. The van der Waals surface area contributed by atoms with Gasteiger partial charge in [0.25, 0.3) is 0 Å². The van der Waals surface area contributed by atoms with Crippen LogP contribution >= 0.6 is 11.3 Å². The molecule has 6 nitrogen and oxygen atoms in total. The molecular formula is C22H27N5OS. The summed E-state index contributed by atoms with van der Waals surface area (Å²) < 4.78 is 2.14. The van der Waals surface area contributed by atoms with Crippen molar-refractivity contribution in [3.8, 4) is 0 Å². The number of nitrogens with one attached hydrogen (secondary N) is 1. The number of likely N-dealkylation sites (tertiary alicyclic amines) is 1. The van der Waals surface area contributed by atoms with Crippen LogP contribution in [0.4, 0.5) is 10.9 Å². The molecule has 1 N–H and O–H groups in total. The second-order valence-corrected chi connectivity index (χ2v) is 9.11. The van der Waals surface area contributed by atoms with Gasteiger partial charge < -0.3 is 14.6 Å². The number of nitrogens with zero attached hydrogens (tertiary/aromatic N) is 4. The van der Waals surface area contributed by atoms with E-state index in [4.69, 9.17) is 4.98 Å². The highest BCUT2D eigenvalue weighted by molar-refractivity contribution is 7.13. The molecule has 0 radical (unpaired) electrons. The van der Waals surface area contributed by atoms with Gasteiger partial charge in [0.1, 0.15) is 0 Å². The number of fused-ring (bicyclic) bond motifs is 1. The molecule has 1 saturated heterocycles. The summed E-state index contributed by atoms with van der Waals surface area (Å²) in [5, 5.41) is 6.18. The zero-order chi connectivity index (χ0) is 19.6. The summed E-state index contributed by atoms with van der Waals surface area (Å²) in [5.74, 6) is 1.89. The van der Waals surface area contributed by atoms with Gasteiger partial charge in [-0.2, -0.15) is 0 Å². The lowest BCUT2D eigenvalue weighted by Gasteiger charge is -2.35. The van der Waals surface area contributed by atoms with E-state index in [0.717, 1.165) is 60.9 Å². The summed E-state index contributed by atoms with van der Waals surface area (Å²) in [7, 11) is 0. The maximum atomic E-state index is 12.9. The summed E-state index contributed by atoms with van der Waals surface area (Å²) in [6.45, 7) is 1.70. The van der Waals surface area contributed by atoms with Gasteiger partial charge in [-0.05, 0) is 37.8 Å². The molecule has 1 aliphatic carbocycles. The third kappa shape index (κ3) is 3.88. The van der Waals surface area contributed by atoms with Gasteiger partial charge in [-0.25, -0.2) is 9.97 Å². The average molecular weight is 410 g/mol. The number of hydrogen-bond acceptors (Lipinski definition) is 5. The fraction of sp³-hybridized carbons (Fsp3) is 0.500. The topological polar surface area (TPSA) is 62.5 Å². The van der Waals surface area contributed by atoms with Gasteiger partial charge in [-0.1, -0.05) is 19.3 Å². The van der Waals surface area contributed by atoms with Crippen LogP contribution in [0.1, 0.15) is 56.6 Å². The predicted octanol–water partition coefficient (Wildman–Crippen LogP) is 4.82. The van der Waals surface area contributed by atoms with Crippen LogP contribution in [0.3, 0.4) is 0 Å². The van der Waals surface area contributed by atoms with Crippen molar-refractivity contribution in [2.75, 3.05) is 18.4 Å². The summed E-state index contributed by atoms with van der Waals surface area (Å²) in [6, 6.07) is 4.11. The molecule has 0 atom stereocenters. The van der Waals surface area contributed by atoms with Gasteiger partial charge in [-0.3, -0.25) is 4.79 Å². The summed E-state index contributed by atoms with van der Waals surface area (Å²) in [5.41, 5.74) is 2.14. The van der Waals surface area contributed by atoms with E-state index in [9.17, 15) is 4.79 Å². The van der Waals surface area contributed by atoms with Crippen LogP contribution in [-0.2, 0) is 4.79 Å². The van der Waals surface area contributed by atoms with E-state index in [1.54, 1.807) is 17.5 Å². The van der Waals surface area contributed by atoms with E-state index in [1.165, 1.54) is 19.3 Å². The van der Waals surface area contributed by atoms with Crippen molar-refractivity contribution in [1.29, 1.82) is 0 Å². The third-order valence-electron chi connectivity index (χ3n) is 6.37. The molecule has 0 bridgehead atoms. The Labute approximate surface area is 175 Å². The quantitative estimate of drug-likeness (QED) is 0.671. The van der Waals surface area contributed by atoms with Crippen molar-refractivity contribution >= 4 is 33.7 Å². The maximum Gasteiger partial charge on any atom is 0.225 e. The first-order valence-corrected chi connectivity index (χ1v) is 11.6. The molecule has 1 saturated carbocycles. The molecule has 152 valence electrons. The van der Waals surface area contributed by atoms with Gasteiger partial charge in [0.15, 0.2) is 10.9 Å². The number of aromatic nitrogens is 3. The second kappa shape index (κ2) is 8.14. The third-order valence-corrected chi connectivity index (χ3v) is 7.06. The van der Waals surface area contributed by atoms with Crippen LogP contribution in [-0.4, -0.2) is 38.3 Å². The fourth-order valence-electron chi connectivity index (χ4n) is 4.74. The molecular weight excluding hydrogens is 382 g/mol. The first-order chi connectivity index (χ1) is 14.3. The predicted molar refractivity (Wildman–Crippen MR) is 116 cm³/mol. The molecule has 3 aromatic rings. The van der Waals surface area contributed by atoms with E-state index in [0.29, 0.717) is 11.8 Å². The number of hydrogen-bond donors (Lipinski definition) is 1. The Kier molecular flexibility index (Phi) is 5.23. The minimum absolute atomic E-state index is 0.267. The second-order valence-electron chi connectivity index (χ2n) is 8.21. The number of thiazole rings is 1. The zero-order valence-corrected chi connectivity index (χ0v) is 17.4. The van der Waals surface area contributed by atoms with E-state index in [2.05, 4.69) is 38.1 Å². The number of piperidine rings is 1. The van der Waals surface area contributed by atoms with Crippen molar-refractivity contribution in [3.05, 3.63) is 41.8 Å². The largest absolute Gasteiger partial charge is 0.342 e. The molecule has 5 rings (SSSR count). The van der Waals surface area contributed by atoms with Crippen LogP contribution in [0.15, 0.2) is 36.1 Å². The SMILES string of the molecule is O=C(C1CCCCC1)N1CCC(c2cn3cccc3c(Nc3nccs3)n2)CC1. The van der Waals surface area contributed by atoms with Gasteiger partial charge in [0.2, 0.25) is 5.91 Å². The van der Waals surface area contributed by atoms with E-state index >= 15 is 0 Å². The lowest BCUT2D eigenvalue weighted by Crippen LogP contribution is -2.42. The Balaban J connectivity index is 1.31. The van der Waals surface area contributed by atoms with Crippen molar-refractivity contribution in [3.63, 3.8) is 0 Å². The molecule has 29 heavy (non-hydrogen) atoms. The minimum atomic E-state index is 0.267. The van der Waals surface area contributed by atoms with Crippen molar-refractivity contribution in [1.82, 2.24) is 19.3 Å². The smallest absolute Gasteiger partial charge is 0.225 e. The Bertz CT molecular complexity index is 968. The molecule has 1 amide bonds. The molecule has 1 aliphatic heterocycles. The molecule has 2 aliphatic rings. The Morgan fingerprint density at radius 1 is 1.14 bits per heavy atom. The molecule has 2 fully saturated rings. The van der Waals surface area contributed by atoms with Crippen LogP contribution in [0.25, 0.3) is 5.52 Å². The molecule has 3 aromatic heterocycles. The molecule has 0 spiro atoms. The normalized spacial score (nSPS) is 19.0. The van der Waals surface area contributed by atoms with E-state index in [1.807, 2.05) is 11.4 Å². The van der Waals surface area contributed by atoms with Crippen LogP contribution in [0.2, 0.25) is 0 Å². The monoisotopic (exact) mass is 409 g/mol. The number of rotatable bonds is 4. The highest BCUT2D eigenvalue weighted by Gasteiger charge is 2.30. The van der Waals surface area contributed by atoms with Gasteiger partial charge in [-0.15, -0.1) is 11.3 Å². The maximum absolute atomic E-state index is 12.9. The molecule has 0 unspecified atom stereocenters. The van der Waals surface area contributed by atoms with Gasteiger partial charge in [0.05, 0.1) is 11.2 Å². The number of anilines is 2. The van der Waals surface area contributed by atoms with Crippen LogP contribution in [0.5, 0.6) is 0 Å². The van der Waals surface area contributed by atoms with Crippen LogP contribution < -0.4 is 5.32 Å². The zero-order valence-electron chi connectivity index (χ0n) is 16.6. The first-order valence-electron chi connectivity index (χ1n) is 10.7. The Hall–Kier alpha value is -2.41. The molecule has 7 heteroatoms. The lowest BCUT2D eigenvalue weighted by molar-refractivity contribution is -0.137. The number of carbonyl (C=O) groups excluding carboxylic acids is 1. The van der Waals surface area contributed by atoms with Gasteiger partial charge in [0, 0.05) is 48.9 Å². The van der Waals surface area contributed by atoms with Crippen molar-refractivity contribution in [2.45, 2.75) is 50.9 Å². The molecule has 4 heterocycles. The lowest BCUT2D eigenvalue weighted by atomic mass is 9.87. The number of amides is 1. The van der Waals surface area contributed by atoms with Crippen molar-refractivity contribution in [2.24, 2.45) is 5.92 Å². The average Bonchev–Trinajstić information content (AvgIpc) is 3.46. The highest BCUT2D eigenvalue weighted by Crippen LogP contribution is 2.32. The highest BCUT2D eigenvalue weighted by atomic mass is 32.1. The van der Waals surface area contributed by atoms with Crippen LogP contribution in [0, 0.1) is 5.92 Å². The fourth-order valence-corrected chi connectivity index (χ4v) is 5.27. The van der Waals surface area contributed by atoms with Gasteiger partial charge >= 0.3 is 0 Å². The van der Waals surface area contributed by atoms with Crippen molar-refractivity contribution < 1.29 is 4.79 Å². The Morgan fingerprint density at radius 2 is 1.97 bits per heavy atom. The Morgan fingerprint density at radius 3 is 2.72 bits per heavy atom.